The Bertz CT molecular complexity index is 959. The predicted molar refractivity (Wildman–Crippen MR) is 131 cm³/mol. The molecule has 0 bridgehead atoms. The van der Waals surface area contributed by atoms with Gasteiger partial charge in [0.2, 0.25) is 0 Å². The van der Waals surface area contributed by atoms with Gasteiger partial charge in [0.15, 0.2) is 0 Å². The van der Waals surface area contributed by atoms with E-state index >= 15 is 0 Å². The maximum Gasteiger partial charge on any atom is 0.328 e. The summed E-state index contributed by atoms with van der Waals surface area (Å²) >= 11 is 0. The molecular formula is C28H36O3. The molecule has 0 aliphatic heterocycles. The molecule has 166 valence electrons. The number of rotatable bonds is 9. The van der Waals surface area contributed by atoms with Crippen molar-refractivity contribution in [2.45, 2.75) is 66.2 Å². The monoisotopic (exact) mass is 420 g/mol. The highest BCUT2D eigenvalue weighted by Crippen LogP contribution is 2.42. The maximum absolute atomic E-state index is 11.0. The molecule has 2 aromatic rings. The van der Waals surface area contributed by atoms with Crippen LogP contribution in [0.3, 0.4) is 0 Å². The molecule has 0 heterocycles. The van der Waals surface area contributed by atoms with E-state index in [1.54, 1.807) is 6.92 Å². The summed E-state index contributed by atoms with van der Waals surface area (Å²) in [6.45, 7) is 13.5. The van der Waals surface area contributed by atoms with E-state index in [0.717, 1.165) is 41.7 Å². The number of ether oxygens (including phenoxy) is 1. The zero-order valence-corrected chi connectivity index (χ0v) is 19.8. The van der Waals surface area contributed by atoms with Gasteiger partial charge in [0, 0.05) is 17.2 Å². The Kier molecular flexibility index (Phi) is 8.67. The van der Waals surface area contributed by atoms with Gasteiger partial charge in [0.1, 0.15) is 5.75 Å². The Hall–Kier alpha value is -2.81. The van der Waals surface area contributed by atoms with Gasteiger partial charge in [-0.25, -0.2) is 4.79 Å². The first-order chi connectivity index (χ1) is 14.7. The molecule has 0 radical (unpaired) electrons. The largest absolute Gasteiger partial charge is 0.493 e. The molecule has 3 heteroatoms. The fourth-order valence-electron chi connectivity index (χ4n) is 3.48. The van der Waals surface area contributed by atoms with E-state index in [-0.39, 0.29) is 5.41 Å². The third-order valence-electron chi connectivity index (χ3n) is 5.24. The van der Waals surface area contributed by atoms with Crippen LogP contribution in [0.25, 0.3) is 17.2 Å². The van der Waals surface area contributed by atoms with Crippen molar-refractivity contribution >= 4 is 12.0 Å². The third kappa shape index (κ3) is 6.85. The lowest BCUT2D eigenvalue weighted by Gasteiger charge is -2.27. The summed E-state index contributed by atoms with van der Waals surface area (Å²) in [7, 11) is 0. The van der Waals surface area contributed by atoms with Crippen molar-refractivity contribution in [1.29, 1.82) is 0 Å². The SMILES string of the molecule is CCCCOc1c(-c2ccccc2C=CC(C)=CC(=O)O)cc(CC)cc1C(C)(C)C. The standard InChI is InChI=1S/C28H36O3/c1-7-9-16-31-27-24(18-21(8-2)19-25(27)28(4,5)6)23-13-11-10-12-22(23)15-14-20(3)17-26(29)30/h10-15,17-19H,7-9,16H2,1-6H3,(H,29,30). The number of allylic oxidation sites excluding steroid dienone is 2. The van der Waals surface area contributed by atoms with Crippen molar-refractivity contribution in [2.24, 2.45) is 0 Å². The maximum atomic E-state index is 11.0. The van der Waals surface area contributed by atoms with Gasteiger partial charge in [-0.15, -0.1) is 0 Å². The minimum absolute atomic E-state index is 0.0485. The third-order valence-corrected chi connectivity index (χ3v) is 5.24. The van der Waals surface area contributed by atoms with Gasteiger partial charge in [-0.05, 0) is 53.5 Å². The highest BCUT2D eigenvalue weighted by molar-refractivity contribution is 5.83. The van der Waals surface area contributed by atoms with Crippen molar-refractivity contribution in [3.05, 3.63) is 70.8 Å². The minimum atomic E-state index is -0.937. The lowest BCUT2D eigenvalue weighted by atomic mass is 9.82. The molecule has 0 spiro atoms. The second-order valence-electron chi connectivity index (χ2n) is 8.97. The zero-order chi connectivity index (χ0) is 23.0. The fourth-order valence-corrected chi connectivity index (χ4v) is 3.48. The molecule has 31 heavy (non-hydrogen) atoms. The number of benzene rings is 2. The van der Waals surface area contributed by atoms with Crippen molar-refractivity contribution in [3.8, 4) is 16.9 Å². The van der Waals surface area contributed by atoms with Crippen LogP contribution >= 0.6 is 0 Å². The van der Waals surface area contributed by atoms with Crippen LogP contribution in [0, 0.1) is 0 Å². The van der Waals surface area contributed by atoms with E-state index in [1.807, 2.05) is 24.3 Å². The Morgan fingerprint density at radius 3 is 2.42 bits per heavy atom. The Morgan fingerprint density at radius 1 is 1.10 bits per heavy atom. The topological polar surface area (TPSA) is 46.5 Å². The molecule has 0 saturated heterocycles. The van der Waals surface area contributed by atoms with Crippen molar-refractivity contribution < 1.29 is 14.6 Å². The molecule has 0 fully saturated rings. The fraction of sp³-hybridized carbons (Fsp3) is 0.393. The number of carboxylic acid groups (broad SMARTS) is 1. The number of unbranched alkanes of at least 4 members (excludes halogenated alkanes) is 1. The van der Waals surface area contributed by atoms with Crippen LogP contribution in [0.15, 0.2) is 54.1 Å². The number of hydrogen-bond donors (Lipinski definition) is 1. The number of carbonyl (C=O) groups is 1. The van der Waals surface area contributed by atoms with E-state index in [4.69, 9.17) is 9.84 Å². The molecule has 0 saturated carbocycles. The van der Waals surface area contributed by atoms with Gasteiger partial charge < -0.3 is 9.84 Å². The molecule has 0 aliphatic rings. The first kappa shape index (κ1) is 24.5. The predicted octanol–water partition coefficient (Wildman–Crippen LogP) is 7.44. The summed E-state index contributed by atoms with van der Waals surface area (Å²) in [5, 5.41) is 8.99. The number of aryl methyl sites for hydroxylation is 1. The average Bonchev–Trinajstić information content (AvgIpc) is 2.71. The molecule has 2 aromatic carbocycles. The lowest BCUT2D eigenvalue weighted by Crippen LogP contribution is -2.15. The number of carboxylic acids is 1. The summed E-state index contributed by atoms with van der Waals surface area (Å²) in [6, 6.07) is 12.7. The molecular weight excluding hydrogens is 384 g/mol. The Balaban J connectivity index is 2.69. The lowest BCUT2D eigenvalue weighted by molar-refractivity contribution is -0.131. The van der Waals surface area contributed by atoms with Crippen LogP contribution in [0.4, 0.5) is 0 Å². The van der Waals surface area contributed by atoms with Crippen molar-refractivity contribution in [2.75, 3.05) is 6.61 Å². The van der Waals surface area contributed by atoms with Gasteiger partial charge in [0.25, 0.3) is 0 Å². The molecule has 0 amide bonds. The second-order valence-corrected chi connectivity index (χ2v) is 8.97. The van der Waals surface area contributed by atoms with E-state index < -0.39 is 5.97 Å². The molecule has 0 aliphatic carbocycles. The van der Waals surface area contributed by atoms with Gasteiger partial charge in [-0.3, -0.25) is 0 Å². The van der Waals surface area contributed by atoms with Gasteiger partial charge in [0.05, 0.1) is 6.61 Å². The normalized spacial score (nSPS) is 12.4. The number of hydrogen-bond acceptors (Lipinski definition) is 2. The molecule has 1 N–H and O–H groups in total. The van der Waals surface area contributed by atoms with Gasteiger partial charge in [-0.2, -0.15) is 0 Å². The highest BCUT2D eigenvalue weighted by atomic mass is 16.5. The number of aliphatic carboxylic acids is 1. The van der Waals surface area contributed by atoms with Crippen molar-refractivity contribution in [3.63, 3.8) is 0 Å². The summed E-state index contributed by atoms with van der Waals surface area (Å²) in [5.41, 5.74) is 6.37. The quantitative estimate of drug-likeness (QED) is 0.260. The first-order valence-corrected chi connectivity index (χ1v) is 11.2. The van der Waals surface area contributed by atoms with Gasteiger partial charge >= 0.3 is 5.97 Å². The molecule has 0 atom stereocenters. The van der Waals surface area contributed by atoms with Crippen LogP contribution in [-0.2, 0) is 16.6 Å². The summed E-state index contributed by atoms with van der Waals surface area (Å²) < 4.78 is 6.41. The van der Waals surface area contributed by atoms with Gasteiger partial charge in [-0.1, -0.05) is 83.5 Å². The van der Waals surface area contributed by atoms with Crippen LogP contribution in [0.5, 0.6) is 5.75 Å². The van der Waals surface area contributed by atoms with E-state index in [2.05, 4.69) is 58.9 Å². The zero-order valence-electron chi connectivity index (χ0n) is 19.8. The van der Waals surface area contributed by atoms with E-state index in [0.29, 0.717) is 12.2 Å². The molecule has 0 unspecified atom stereocenters. The van der Waals surface area contributed by atoms with Crippen LogP contribution in [0.2, 0.25) is 0 Å². The van der Waals surface area contributed by atoms with Crippen molar-refractivity contribution in [1.82, 2.24) is 0 Å². The Labute approximate surface area is 187 Å². The summed E-state index contributed by atoms with van der Waals surface area (Å²) in [4.78, 5) is 11.0. The smallest absolute Gasteiger partial charge is 0.328 e. The van der Waals surface area contributed by atoms with E-state index in [1.165, 1.54) is 17.2 Å². The van der Waals surface area contributed by atoms with Crippen LogP contribution in [-0.4, -0.2) is 17.7 Å². The summed E-state index contributed by atoms with van der Waals surface area (Å²) in [5.74, 6) is 0.0179. The van der Waals surface area contributed by atoms with Crippen LogP contribution in [0.1, 0.15) is 71.1 Å². The van der Waals surface area contributed by atoms with Crippen LogP contribution < -0.4 is 4.74 Å². The molecule has 0 aromatic heterocycles. The molecule has 2 rings (SSSR count). The average molecular weight is 421 g/mol. The minimum Gasteiger partial charge on any atom is -0.493 e. The first-order valence-electron chi connectivity index (χ1n) is 11.2. The summed E-state index contributed by atoms with van der Waals surface area (Å²) in [6.07, 6.45) is 8.09. The highest BCUT2D eigenvalue weighted by Gasteiger charge is 2.24. The molecule has 3 nitrogen and oxygen atoms in total. The second kappa shape index (κ2) is 11.0. The Morgan fingerprint density at radius 2 is 1.81 bits per heavy atom. The van der Waals surface area contributed by atoms with E-state index in [9.17, 15) is 4.79 Å².